The third-order valence-electron chi connectivity index (χ3n) is 6.59. The highest BCUT2D eigenvalue weighted by Crippen LogP contribution is 2.62. The molecule has 258 valence electrons. The van der Waals surface area contributed by atoms with Gasteiger partial charge in [0.15, 0.2) is 0 Å². The number of rotatable bonds is 10. The number of benzene rings is 2. The molecule has 24 heteroatoms. The molecule has 0 atom stereocenters. The van der Waals surface area contributed by atoms with Crippen LogP contribution in [-0.2, 0) is 0 Å². The number of imide groups is 1. The van der Waals surface area contributed by atoms with Crippen LogP contribution in [0.1, 0.15) is 47.0 Å². The van der Waals surface area contributed by atoms with Crippen LogP contribution in [0.3, 0.4) is 0 Å². The van der Waals surface area contributed by atoms with E-state index in [1.807, 2.05) is 0 Å². The lowest BCUT2D eigenvalue weighted by molar-refractivity contribution is -0.451. The predicted octanol–water partition coefficient (Wildman–Crippen LogP) is 4.60. The van der Waals surface area contributed by atoms with Gasteiger partial charge >= 0.3 is 47.7 Å². The van der Waals surface area contributed by atoms with Crippen LogP contribution in [0.4, 0.5) is 65.9 Å². The molecule has 47 heavy (non-hydrogen) atoms. The average Bonchev–Trinajstić information content (AvgIpc) is 2.92. The van der Waals surface area contributed by atoms with Crippen LogP contribution in [0.2, 0.25) is 0 Å². The number of nitrogens with one attached hydrogen (secondary N) is 1. The average molecular weight is 708 g/mol. The van der Waals surface area contributed by atoms with E-state index in [4.69, 9.17) is 11.5 Å². The Morgan fingerprint density at radius 1 is 0.681 bits per heavy atom. The van der Waals surface area contributed by atoms with Crippen LogP contribution in [0.15, 0.2) is 23.2 Å². The summed E-state index contributed by atoms with van der Waals surface area (Å²) >= 11 is 0. The van der Waals surface area contributed by atoms with E-state index in [0.717, 1.165) is 6.07 Å². The number of carboxylic acids is 1. The van der Waals surface area contributed by atoms with Crippen molar-refractivity contribution in [2.45, 2.75) is 41.7 Å². The highest BCUT2D eigenvalue weighted by molar-refractivity contribution is 6.32. The van der Waals surface area contributed by atoms with E-state index in [-0.39, 0.29) is 0 Å². The van der Waals surface area contributed by atoms with E-state index >= 15 is 0 Å². The number of aliphatic imine (C=N–C) groups is 1. The van der Waals surface area contributed by atoms with Gasteiger partial charge in [0.1, 0.15) is 12.4 Å². The van der Waals surface area contributed by atoms with Gasteiger partial charge in [-0.05, 0) is 18.2 Å². The van der Waals surface area contributed by atoms with Crippen LogP contribution in [-0.4, -0.2) is 82.9 Å². The molecule has 3 rings (SSSR count). The third-order valence-corrected chi connectivity index (χ3v) is 6.59. The third kappa shape index (κ3) is 5.03. The first-order valence-corrected chi connectivity index (χ1v) is 11.6. The molecule has 0 bridgehead atoms. The molecular formula is C23H11F15N4O5. The zero-order chi connectivity index (χ0) is 36.7. The molecule has 0 radical (unpaired) electrons. The van der Waals surface area contributed by atoms with Crippen molar-refractivity contribution in [3.63, 3.8) is 0 Å². The number of alkyl halides is 15. The van der Waals surface area contributed by atoms with Gasteiger partial charge < -0.3 is 16.6 Å². The molecule has 1 aliphatic rings. The zero-order valence-corrected chi connectivity index (χ0v) is 21.8. The fourth-order valence-corrected chi connectivity index (χ4v) is 4.17. The minimum Gasteiger partial charge on any atom is -0.478 e. The van der Waals surface area contributed by atoms with Crippen molar-refractivity contribution in [2.24, 2.45) is 16.5 Å². The molecule has 0 saturated carbocycles. The quantitative estimate of drug-likeness (QED) is 0.122. The predicted molar refractivity (Wildman–Crippen MR) is 123 cm³/mol. The minimum atomic E-state index is -8.56. The summed E-state index contributed by atoms with van der Waals surface area (Å²) in [5.74, 6) is -56.5. The van der Waals surface area contributed by atoms with E-state index in [1.54, 1.807) is 5.32 Å². The van der Waals surface area contributed by atoms with Crippen LogP contribution in [0, 0.1) is 0 Å². The second kappa shape index (κ2) is 10.6. The lowest BCUT2D eigenvalue weighted by atomic mass is 9.86. The van der Waals surface area contributed by atoms with Gasteiger partial charge in [-0.3, -0.25) is 24.7 Å². The highest BCUT2D eigenvalue weighted by Gasteiger charge is 2.93. The molecule has 0 unspecified atom stereocenters. The molecule has 6 N–H and O–H groups in total. The van der Waals surface area contributed by atoms with E-state index < -0.39 is 116 Å². The summed E-state index contributed by atoms with van der Waals surface area (Å²) in [6.07, 6.45) is -7.79. The first-order chi connectivity index (χ1) is 20.9. The van der Waals surface area contributed by atoms with Gasteiger partial charge in [0.05, 0.1) is 5.56 Å². The molecule has 0 aliphatic carbocycles. The van der Waals surface area contributed by atoms with Gasteiger partial charge in [-0.15, -0.1) is 0 Å². The number of carboxylic acid groups (broad SMARTS) is 1. The molecule has 9 nitrogen and oxygen atoms in total. The summed E-state index contributed by atoms with van der Waals surface area (Å²) in [6.45, 7) is -3.33. The second-order valence-electron chi connectivity index (χ2n) is 9.49. The molecule has 2 aromatic rings. The lowest BCUT2D eigenvalue weighted by Gasteiger charge is -2.41. The minimum absolute atomic E-state index is 0.378. The van der Waals surface area contributed by atoms with Gasteiger partial charge in [-0.2, -0.15) is 65.9 Å². The van der Waals surface area contributed by atoms with Crippen molar-refractivity contribution in [1.82, 2.24) is 5.32 Å². The summed E-state index contributed by atoms with van der Waals surface area (Å²) in [5, 5.41) is 9.72. The number of carbonyl (C=O) groups excluding carboxylic acids is 3. The molecule has 0 spiro atoms. The van der Waals surface area contributed by atoms with Gasteiger partial charge in [-0.25, -0.2) is 4.79 Å². The molecule has 0 saturated heterocycles. The first-order valence-electron chi connectivity index (χ1n) is 11.6. The smallest absolute Gasteiger partial charge is 0.460 e. The number of hydrogen-bond donors (Lipinski definition) is 4. The summed E-state index contributed by atoms with van der Waals surface area (Å²) in [6, 6.07) is 1.90. The molecular weight excluding hydrogens is 697 g/mol. The Morgan fingerprint density at radius 2 is 1.15 bits per heavy atom. The number of nitrogens with zero attached hydrogens (tertiary/aromatic N) is 1. The van der Waals surface area contributed by atoms with E-state index in [0.29, 0.717) is 12.1 Å². The maximum atomic E-state index is 14.4. The molecule has 1 aliphatic heterocycles. The van der Waals surface area contributed by atoms with Crippen LogP contribution in [0.25, 0.3) is 10.8 Å². The van der Waals surface area contributed by atoms with Crippen LogP contribution >= 0.6 is 0 Å². The fourth-order valence-electron chi connectivity index (χ4n) is 4.17. The van der Waals surface area contributed by atoms with E-state index in [1.165, 1.54) is 0 Å². The topological polar surface area (TPSA) is 165 Å². The Labute approximate surface area is 247 Å². The lowest BCUT2D eigenvalue weighted by Crippen LogP contribution is -2.72. The molecule has 3 amide bonds. The van der Waals surface area contributed by atoms with Crippen LogP contribution in [0.5, 0.6) is 0 Å². The molecule has 1 heterocycles. The largest absolute Gasteiger partial charge is 0.478 e. The Balaban J connectivity index is 2.25. The normalized spacial score (nSPS) is 15.6. The van der Waals surface area contributed by atoms with Gasteiger partial charge in [0.25, 0.3) is 11.8 Å². The van der Waals surface area contributed by atoms with Gasteiger partial charge in [0.2, 0.25) is 5.91 Å². The van der Waals surface area contributed by atoms with Crippen molar-refractivity contribution in [2.75, 3.05) is 6.54 Å². The number of carbonyl (C=O) groups is 4. The standard InChI is InChI=1S/C23H11F15N4O5/c24-17(25,18(26,27)19(28,29)20(30,31)21(32,33)22(34,35)23(36,37)38)4-41-12(39)11-8(16(46)47)3-7-9-6(14(44)42-15(7)45)2-1-5(10(9)11)13(40)43/h1-3H,4H2,(H2,39,41)(H2,40,43)(H,46,47)(H,42,44,45). The van der Waals surface area contributed by atoms with Crippen molar-refractivity contribution >= 4 is 40.3 Å². The molecule has 0 aromatic heterocycles. The van der Waals surface area contributed by atoms with Crippen molar-refractivity contribution in [1.29, 1.82) is 0 Å². The maximum absolute atomic E-state index is 14.4. The van der Waals surface area contributed by atoms with Crippen LogP contribution < -0.4 is 16.8 Å². The maximum Gasteiger partial charge on any atom is 0.460 e. The number of aromatic carboxylic acids is 1. The zero-order valence-electron chi connectivity index (χ0n) is 21.8. The number of halogens is 15. The van der Waals surface area contributed by atoms with Crippen molar-refractivity contribution < 1.29 is 90.1 Å². The number of hydrogen-bond acceptors (Lipinski definition) is 5. The Morgan fingerprint density at radius 3 is 1.62 bits per heavy atom. The molecule has 0 fully saturated rings. The monoisotopic (exact) mass is 708 g/mol. The Hall–Kier alpha value is -4.80. The van der Waals surface area contributed by atoms with Gasteiger partial charge in [-0.1, -0.05) is 0 Å². The first kappa shape index (κ1) is 36.7. The van der Waals surface area contributed by atoms with Gasteiger partial charge in [0, 0.05) is 33.0 Å². The SMILES string of the molecule is NC(=O)c1ccc2c3c(cc(C(=O)O)c(C(N)=NCC(F)(F)C(F)(F)C(F)(F)C(F)(F)C(F)(F)C(F)(F)C(F)(F)F)c13)C(=O)NC2=O. The summed E-state index contributed by atoms with van der Waals surface area (Å²) in [4.78, 5) is 51.2. The van der Waals surface area contributed by atoms with Crippen molar-refractivity contribution in [3.8, 4) is 0 Å². The number of nitrogens with two attached hydrogens (primary N) is 2. The highest BCUT2D eigenvalue weighted by atomic mass is 19.4. The number of primary amides is 1. The Bertz CT molecular complexity index is 1750. The Kier molecular flexibility index (Phi) is 8.28. The molecule has 2 aromatic carbocycles. The van der Waals surface area contributed by atoms with E-state index in [2.05, 4.69) is 4.99 Å². The van der Waals surface area contributed by atoms with E-state index in [9.17, 15) is 90.1 Å². The summed E-state index contributed by atoms with van der Waals surface area (Å²) in [7, 11) is 0. The van der Waals surface area contributed by atoms with Crippen molar-refractivity contribution in [3.05, 3.63) is 46.0 Å². The summed E-state index contributed by atoms with van der Waals surface area (Å²) in [5.41, 5.74) is 5.84. The second-order valence-corrected chi connectivity index (χ2v) is 9.49. The summed E-state index contributed by atoms with van der Waals surface area (Å²) < 4.78 is 203. The number of amides is 3. The fraction of sp³-hybridized carbons (Fsp3) is 0.348. The number of amidine groups is 1.